The van der Waals surface area contributed by atoms with Crippen LogP contribution < -0.4 is 0 Å². The lowest BCUT2D eigenvalue weighted by atomic mass is 9.53. The van der Waals surface area contributed by atoms with Gasteiger partial charge in [0.15, 0.2) is 0 Å². The molecule has 43 heavy (non-hydrogen) atoms. The Hall–Kier alpha value is -4.88. The second-order valence-corrected chi connectivity index (χ2v) is 13.1. The van der Waals surface area contributed by atoms with Crippen molar-refractivity contribution >= 4 is 21.8 Å². The van der Waals surface area contributed by atoms with E-state index < -0.39 is 5.41 Å². The van der Waals surface area contributed by atoms with E-state index in [-0.39, 0.29) is 5.41 Å². The van der Waals surface area contributed by atoms with Gasteiger partial charge in [0.05, 0.1) is 22.1 Å². The van der Waals surface area contributed by atoms with E-state index in [0.29, 0.717) is 0 Å². The molecule has 0 amide bonds. The van der Waals surface area contributed by atoms with Crippen LogP contribution in [0.5, 0.6) is 0 Å². The number of para-hydroxylation sites is 3. The first-order valence-corrected chi connectivity index (χ1v) is 15.4. The van der Waals surface area contributed by atoms with Crippen molar-refractivity contribution in [2.45, 2.75) is 38.5 Å². The Kier molecular flexibility index (Phi) is 4.80. The highest BCUT2D eigenvalue weighted by atomic mass is 15.0. The number of benzene rings is 6. The molecule has 1 nitrogen and oxygen atoms in total. The van der Waals surface area contributed by atoms with E-state index >= 15 is 0 Å². The molecule has 0 fully saturated rings. The van der Waals surface area contributed by atoms with Crippen LogP contribution in [0.2, 0.25) is 0 Å². The summed E-state index contributed by atoms with van der Waals surface area (Å²) in [5.74, 6) is 0. The maximum Gasteiger partial charge on any atom is 0.0748 e. The summed E-state index contributed by atoms with van der Waals surface area (Å²) in [5.41, 5.74) is 16.7. The van der Waals surface area contributed by atoms with E-state index in [2.05, 4.69) is 160 Å². The Morgan fingerprint density at radius 3 is 1.91 bits per heavy atom. The van der Waals surface area contributed by atoms with Crippen molar-refractivity contribution in [3.05, 3.63) is 172 Å². The minimum absolute atomic E-state index is 0.148. The minimum atomic E-state index is -0.462. The zero-order chi connectivity index (χ0) is 29.1. The molecule has 0 saturated heterocycles. The summed E-state index contributed by atoms with van der Waals surface area (Å²) in [7, 11) is 0. The Labute approximate surface area is 253 Å². The normalized spacial score (nSPS) is 17.6. The first-order valence-electron chi connectivity index (χ1n) is 15.4. The van der Waals surface area contributed by atoms with Gasteiger partial charge in [-0.05, 0) is 76.6 Å². The molecule has 206 valence electrons. The molecule has 1 atom stereocenters. The summed E-state index contributed by atoms with van der Waals surface area (Å²) < 4.78 is 2.52. The average Bonchev–Trinajstić information content (AvgIpc) is 3.36. The highest BCUT2D eigenvalue weighted by Crippen LogP contribution is 2.60. The lowest BCUT2D eigenvalue weighted by molar-refractivity contribution is 0.556. The number of aryl methyl sites for hydroxylation is 2. The predicted molar refractivity (Wildman–Crippen MR) is 180 cm³/mol. The van der Waals surface area contributed by atoms with E-state index in [1.165, 1.54) is 83.1 Å². The Morgan fingerprint density at radius 1 is 0.465 bits per heavy atom. The van der Waals surface area contributed by atoms with Crippen LogP contribution in [0.4, 0.5) is 0 Å². The van der Waals surface area contributed by atoms with Crippen molar-refractivity contribution in [1.29, 1.82) is 0 Å². The van der Waals surface area contributed by atoms with Gasteiger partial charge in [-0.1, -0.05) is 134 Å². The lowest BCUT2D eigenvalue weighted by Crippen LogP contribution is -2.44. The molecule has 0 N–H and O–H groups in total. The molecule has 9 rings (SSSR count). The van der Waals surface area contributed by atoms with Crippen LogP contribution in [-0.4, -0.2) is 4.57 Å². The van der Waals surface area contributed by atoms with Crippen LogP contribution >= 0.6 is 0 Å². The van der Waals surface area contributed by atoms with Gasteiger partial charge in [-0.25, -0.2) is 0 Å². The fourth-order valence-corrected chi connectivity index (χ4v) is 8.65. The van der Waals surface area contributed by atoms with Crippen LogP contribution in [0.1, 0.15) is 58.4 Å². The topological polar surface area (TPSA) is 4.93 Å². The van der Waals surface area contributed by atoms with Crippen molar-refractivity contribution < 1.29 is 0 Å². The van der Waals surface area contributed by atoms with Gasteiger partial charge in [0.2, 0.25) is 0 Å². The van der Waals surface area contributed by atoms with Crippen molar-refractivity contribution in [3.8, 4) is 16.8 Å². The molecule has 6 aromatic carbocycles. The molecule has 7 aromatic rings. The highest BCUT2D eigenvalue weighted by Gasteiger charge is 2.52. The van der Waals surface area contributed by atoms with Crippen LogP contribution in [0, 0.1) is 13.8 Å². The zero-order valence-corrected chi connectivity index (χ0v) is 25.1. The third-order valence-electron chi connectivity index (χ3n) is 10.3. The second kappa shape index (κ2) is 8.36. The van der Waals surface area contributed by atoms with Crippen LogP contribution in [0.15, 0.2) is 127 Å². The van der Waals surface area contributed by atoms with E-state index in [9.17, 15) is 0 Å². The van der Waals surface area contributed by atoms with Crippen LogP contribution in [-0.2, 0) is 10.8 Å². The lowest BCUT2D eigenvalue weighted by Gasteiger charge is -2.50. The molecular formula is C42H33N. The SMILES string of the molecule is Cc1cc(C)cc(-c2ccc3c(c2)C2(c4ccccc4-n4c5ccccc5c5cccc2c54)c2ccccc2C3(C)C)c1. The Balaban J connectivity index is 1.52. The summed E-state index contributed by atoms with van der Waals surface area (Å²) in [6, 6.07) is 48.5. The molecular weight excluding hydrogens is 518 g/mol. The van der Waals surface area contributed by atoms with Gasteiger partial charge < -0.3 is 4.57 Å². The average molecular weight is 552 g/mol. The maximum atomic E-state index is 2.52. The van der Waals surface area contributed by atoms with Gasteiger partial charge in [-0.15, -0.1) is 0 Å². The number of hydrogen-bond donors (Lipinski definition) is 0. The molecule has 0 bridgehead atoms. The van der Waals surface area contributed by atoms with Crippen molar-refractivity contribution in [2.75, 3.05) is 0 Å². The van der Waals surface area contributed by atoms with E-state index in [1.54, 1.807) is 0 Å². The van der Waals surface area contributed by atoms with Gasteiger partial charge in [0.1, 0.15) is 0 Å². The monoisotopic (exact) mass is 551 g/mol. The van der Waals surface area contributed by atoms with Crippen molar-refractivity contribution in [1.82, 2.24) is 4.57 Å². The maximum absolute atomic E-state index is 2.52. The molecule has 1 unspecified atom stereocenters. The Bertz CT molecular complexity index is 2270. The predicted octanol–water partition coefficient (Wildman–Crippen LogP) is 10.4. The highest BCUT2D eigenvalue weighted by molar-refractivity contribution is 6.12. The van der Waals surface area contributed by atoms with Gasteiger partial charge in [0, 0.05) is 16.2 Å². The molecule has 0 saturated carbocycles. The molecule has 1 heteroatoms. The smallest absolute Gasteiger partial charge is 0.0748 e. The largest absolute Gasteiger partial charge is 0.309 e. The number of nitrogens with zero attached hydrogens (tertiary/aromatic N) is 1. The second-order valence-electron chi connectivity index (χ2n) is 13.1. The third kappa shape index (κ3) is 3.02. The van der Waals surface area contributed by atoms with Gasteiger partial charge in [-0.2, -0.15) is 0 Å². The first kappa shape index (κ1) is 24.7. The minimum Gasteiger partial charge on any atom is -0.309 e. The number of hydrogen-bond acceptors (Lipinski definition) is 0. The molecule has 1 aromatic heterocycles. The summed E-state index contributed by atoms with van der Waals surface area (Å²) in [6.07, 6.45) is 0. The summed E-state index contributed by atoms with van der Waals surface area (Å²) >= 11 is 0. The van der Waals surface area contributed by atoms with Crippen LogP contribution in [0.25, 0.3) is 38.6 Å². The number of aromatic nitrogens is 1. The quantitative estimate of drug-likeness (QED) is 0.191. The van der Waals surface area contributed by atoms with Gasteiger partial charge >= 0.3 is 0 Å². The summed E-state index contributed by atoms with van der Waals surface area (Å²) in [5, 5.41) is 2.62. The Morgan fingerprint density at radius 2 is 1.09 bits per heavy atom. The molecule has 1 aliphatic heterocycles. The fraction of sp³-hybridized carbons (Fsp3) is 0.143. The summed E-state index contributed by atoms with van der Waals surface area (Å²) in [6.45, 7) is 9.21. The zero-order valence-electron chi connectivity index (χ0n) is 25.1. The van der Waals surface area contributed by atoms with Crippen LogP contribution in [0.3, 0.4) is 0 Å². The fourth-order valence-electron chi connectivity index (χ4n) is 8.65. The van der Waals surface area contributed by atoms with Crippen molar-refractivity contribution in [3.63, 3.8) is 0 Å². The van der Waals surface area contributed by atoms with E-state index in [1.807, 2.05) is 0 Å². The van der Waals surface area contributed by atoms with E-state index in [4.69, 9.17) is 0 Å². The third-order valence-corrected chi connectivity index (χ3v) is 10.3. The molecule has 1 spiro atoms. The number of rotatable bonds is 1. The first-order chi connectivity index (χ1) is 20.9. The standard InChI is InChI=1S/C42H33N/c1-26-22-27(2)24-29(23-26)28-20-21-33-37(25-28)42(34-15-7-6-14-32(34)41(33,3)4)35-16-8-10-19-39(35)43-38-18-9-5-12-30(38)31-13-11-17-36(42)40(31)43/h5-25H,1-4H3. The number of fused-ring (bicyclic) bond motifs is 11. The molecule has 1 aliphatic carbocycles. The molecule has 2 aliphatic rings. The summed E-state index contributed by atoms with van der Waals surface area (Å²) in [4.78, 5) is 0. The molecule has 2 heterocycles. The van der Waals surface area contributed by atoms with Gasteiger partial charge in [0.25, 0.3) is 0 Å². The van der Waals surface area contributed by atoms with Gasteiger partial charge in [-0.3, -0.25) is 0 Å². The molecule has 0 radical (unpaired) electrons. The van der Waals surface area contributed by atoms with E-state index in [0.717, 1.165) is 0 Å². The van der Waals surface area contributed by atoms with Crippen molar-refractivity contribution in [2.24, 2.45) is 0 Å².